The molecule has 2 saturated heterocycles. The van der Waals surface area contributed by atoms with Gasteiger partial charge in [0.2, 0.25) is 11.7 Å². The van der Waals surface area contributed by atoms with Crippen molar-refractivity contribution in [3.8, 4) is 17.1 Å². The summed E-state index contributed by atoms with van der Waals surface area (Å²) >= 11 is 0. The number of aliphatic hydroxyl groups is 1. The summed E-state index contributed by atoms with van der Waals surface area (Å²) in [5, 5.41) is 26.5. The van der Waals surface area contributed by atoms with Crippen molar-refractivity contribution in [1.82, 2.24) is 29.4 Å². The first kappa shape index (κ1) is 26.9. The van der Waals surface area contributed by atoms with Gasteiger partial charge in [0, 0.05) is 58.1 Å². The summed E-state index contributed by atoms with van der Waals surface area (Å²) in [4.78, 5) is 27.3. The number of benzene rings is 1. The molecule has 0 saturated carbocycles. The molecule has 6 rings (SSSR count). The number of piperidine rings is 1. The van der Waals surface area contributed by atoms with Gasteiger partial charge in [0.05, 0.1) is 17.3 Å². The Morgan fingerprint density at radius 1 is 1.05 bits per heavy atom. The number of phenols is 1. The number of nitrogens with one attached hydrogen (secondary N) is 1. The fourth-order valence-corrected chi connectivity index (χ4v) is 5.56. The number of fused-ring (bicyclic) bond motifs is 1. The quantitative estimate of drug-likeness (QED) is 0.313. The Morgan fingerprint density at radius 2 is 1.85 bits per heavy atom. The number of anilines is 2. The van der Waals surface area contributed by atoms with Crippen LogP contribution in [-0.2, 0) is 11.3 Å². The number of carbonyl (C=O) groups excluding carboxylic acids is 1. The highest BCUT2D eigenvalue weighted by Gasteiger charge is 2.28. The monoisotopic (exact) mass is 560 g/mol. The summed E-state index contributed by atoms with van der Waals surface area (Å²) in [7, 11) is 0. The maximum absolute atomic E-state index is 16.1. The molecular formula is C29H33FN8O3. The average molecular weight is 561 g/mol. The Morgan fingerprint density at radius 3 is 2.63 bits per heavy atom. The fourth-order valence-electron chi connectivity index (χ4n) is 5.56. The number of pyridine rings is 1. The third-order valence-corrected chi connectivity index (χ3v) is 7.77. The van der Waals surface area contributed by atoms with Crippen LogP contribution in [0.1, 0.15) is 18.4 Å². The second kappa shape index (κ2) is 11.7. The molecule has 2 aliphatic heterocycles. The van der Waals surface area contributed by atoms with Gasteiger partial charge in [-0.25, -0.2) is 14.5 Å². The second-order valence-corrected chi connectivity index (χ2v) is 10.5. The lowest BCUT2D eigenvalue weighted by molar-refractivity contribution is -0.135. The van der Waals surface area contributed by atoms with Crippen LogP contribution in [0.5, 0.6) is 5.75 Å². The lowest BCUT2D eigenvalue weighted by atomic mass is 10.1. The van der Waals surface area contributed by atoms with Gasteiger partial charge in [-0.2, -0.15) is 9.49 Å². The number of rotatable bonds is 7. The number of halogens is 1. The van der Waals surface area contributed by atoms with Crippen LogP contribution < -0.4 is 10.2 Å². The number of aromatic hydroxyl groups is 1. The number of amides is 1. The molecule has 41 heavy (non-hydrogen) atoms. The Balaban J connectivity index is 1.27. The Bertz CT molecular complexity index is 1520. The molecule has 0 radical (unpaired) electrons. The zero-order valence-electron chi connectivity index (χ0n) is 22.7. The summed E-state index contributed by atoms with van der Waals surface area (Å²) in [6.07, 6.45) is 5.02. The number of carbonyl (C=O) groups is 1. The third-order valence-electron chi connectivity index (χ3n) is 7.77. The zero-order chi connectivity index (χ0) is 28.3. The maximum atomic E-state index is 16.1. The standard InChI is InChI=1S/C29H33FN8O3/c30-26-28(32-21-4-3-10-37(18-21)25(41)19-39)33-27(23-16-31-38-11-2-1-5-24(23)38)34-29(26)36-14-12-35(13-15-36)17-20-6-8-22(40)9-7-20/h1-2,5-9,11,16,21,39-40H,3-4,10,12-15,17-19H2,(H,32,33,34)/t21-/m1/s1. The van der Waals surface area contributed by atoms with Gasteiger partial charge in [-0.3, -0.25) is 9.69 Å². The molecule has 3 aromatic heterocycles. The number of hydrogen-bond donors (Lipinski definition) is 3. The zero-order valence-corrected chi connectivity index (χ0v) is 22.7. The van der Waals surface area contributed by atoms with Crippen molar-refractivity contribution in [3.63, 3.8) is 0 Å². The summed E-state index contributed by atoms with van der Waals surface area (Å²) in [5.74, 6) is 0.0764. The van der Waals surface area contributed by atoms with Crippen molar-refractivity contribution < 1.29 is 19.4 Å². The van der Waals surface area contributed by atoms with Crippen molar-refractivity contribution in [2.24, 2.45) is 0 Å². The molecule has 2 fully saturated rings. The molecular weight excluding hydrogens is 527 g/mol. The highest BCUT2D eigenvalue weighted by molar-refractivity contribution is 5.78. The lowest BCUT2D eigenvalue weighted by Gasteiger charge is -2.36. The molecule has 2 aliphatic rings. The summed E-state index contributed by atoms with van der Waals surface area (Å²) in [5.41, 5.74) is 2.61. The van der Waals surface area contributed by atoms with Crippen LogP contribution in [0.25, 0.3) is 16.9 Å². The molecule has 1 atom stereocenters. The van der Waals surface area contributed by atoms with E-state index in [9.17, 15) is 15.0 Å². The molecule has 1 amide bonds. The predicted octanol–water partition coefficient (Wildman–Crippen LogP) is 2.35. The number of phenolic OH excluding ortho intramolecular Hbond substituents is 1. The normalized spacial score (nSPS) is 18.1. The minimum atomic E-state index is -0.545. The third kappa shape index (κ3) is 5.79. The smallest absolute Gasteiger partial charge is 0.248 e. The van der Waals surface area contributed by atoms with Crippen LogP contribution in [0.3, 0.4) is 0 Å². The van der Waals surface area contributed by atoms with Crippen molar-refractivity contribution in [1.29, 1.82) is 0 Å². The number of hydrogen-bond acceptors (Lipinski definition) is 9. The van der Waals surface area contributed by atoms with E-state index < -0.39 is 12.4 Å². The molecule has 0 unspecified atom stereocenters. The lowest BCUT2D eigenvalue weighted by Crippen LogP contribution is -2.47. The summed E-state index contributed by atoms with van der Waals surface area (Å²) in [6, 6.07) is 12.7. The van der Waals surface area contributed by atoms with E-state index in [2.05, 4.69) is 20.3 Å². The minimum absolute atomic E-state index is 0.0927. The van der Waals surface area contributed by atoms with Crippen molar-refractivity contribution >= 4 is 23.1 Å². The topological polar surface area (TPSA) is 122 Å². The van der Waals surface area contributed by atoms with Crippen LogP contribution in [-0.4, -0.2) is 97.4 Å². The van der Waals surface area contributed by atoms with Crippen LogP contribution in [0.4, 0.5) is 16.0 Å². The van der Waals surface area contributed by atoms with Gasteiger partial charge < -0.3 is 25.3 Å². The van der Waals surface area contributed by atoms with Crippen LogP contribution in [0, 0.1) is 5.82 Å². The molecule has 1 aromatic carbocycles. The van der Waals surface area contributed by atoms with Crippen molar-refractivity contribution in [2.75, 3.05) is 56.1 Å². The minimum Gasteiger partial charge on any atom is -0.508 e. The molecule has 4 aromatic rings. The van der Waals surface area contributed by atoms with Gasteiger partial charge in [-0.15, -0.1) is 0 Å². The number of aromatic nitrogens is 4. The Hall–Kier alpha value is -4.29. The molecule has 5 heterocycles. The van der Waals surface area contributed by atoms with Crippen molar-refractivity contribution in [3.05, 3.63) is 66.2 Å². The van der Waals surface area contributed by atoms with Gasteiger partial charge in [0.1, 0.15) is 12.4 Å². The number of piperazine rings is 1. The first-order chi connectivity index (χ1) is 20.0. The maximum Gasteiger partial charge on any atom is 0.248 e. The average Bonchev–Trinajstić information content (AvgIpc) is 3.44. The fraction of sp³-hybridized carbons (Fsp3) is 0.379. The van der Waals surface area contributed by atoms with E-state index in [0.29, 0.717) is 37.6 Å². The molecule has 214 valence electrons. The first-order valence-corrected chi connectivity index (χ1v) is 13.9. The largest absolute Gasteiger partial charge is 0.508 e. The van der Waals surface area contributed by atoms with Crippen molar-refractivity contribution in [2.45, 2.75) is 25.4 Å². The van der Waals surface area contributed by atoms with Crippen LogP contribution >= 0.6 is 0 Å². The molecule has 12 heteroatoms. The number of aliphatic hydroxyl groups excluding tert-OH is 1. The van der Waals surface area contributed by atoms with Gasteiger partial charge in [-0.1, -0.05) is 18.2 Å². The molecule has 11 nitrogen and oxygen atoms in total. The highest BCUT2D eigenvalue weighted by atomic mass is 19.1. The molecule has 0 aliphatic carbocycles. The van der Waals surface area contributed by atoms with E-state index >= 15 is 4.39 Å². The van der Waals surface area contributed by atoms with E-state index in [-0.39, 0.29) is 29.3 Å². The predicted molar refractivity (Wildman–Crippen MR) is 152 cm³/mol. The summed E-state index contributed by atoms with van der Waals surface area (Å²) in [6.45, 7) is 3.74. The highest BCUT2D eigenvalue weighted by Crippen LogP contribution is 2.31. The van der Waals surface area contributed by atoms with Gasteiger partial charge >= 0.3 is 0 Å². The first-order valence-electron chi connectivity index (χ1n) is 13.9. The van der Waals surface area contributed by atoms with Crippen LogP contribution in [0.2, 0.25) is 0 Å². The van der Waals surface area contributed by atoms with E-state index in [1.165, 1.54) is 0 Å². The van der Waals surface area contributed by atoms with E-state index in [1.807, 2.05) is 41.4 Å². The Labute approximate surface area is 236 Å². The van der Waals surface area contributed by atoms with E-state index in [1.54, 1.807) is 27.7 Å². The second-order valence-electron chi connectivity index (χ2n) is 10.5. The number of likely N-dealkylation sites (tertiary alicyclic amines) is 1. The van der Waals surface area contributed by atoms with Gasteiger partial charge in [0.25, 0.3) is 0 Å². The van der Waals surface area contributed by atoms with Crippen LogP contribution in [0.15, 0.2) is 54.9 Å². The Kier molecular flexibility index (Phi) is 7.66. The van der Waals surface area contributed by atoms with E-state index in [4.69, 9.17) is 4.98 Å². The van der Waals surface area contributed by atoms with E-state index in [0.717, 1.165) is 43.6 Å². The van der Waals surface area contributed by atoms with Gasteiger partial charge in [-0.05, 0) is 42.7 Å². The summed E-state index contributed by atoms with van der Waals surface area (Å²) < 4.78 is 17.9. The van der Waals surface area contributed by atoms with Gasteiger partial charge in [0.15, 0.2) is 17.5 Å². The SMILES string of the molecule is O=C(CO)N1CCC[C@@H](Nc2nc(-c3cnn4ccccc34)nc(N3CCN(Cc4ccc(O)cc4)CC3)c2F)C1. The molecule has 0 bridgehead atoms. The molecule has 0 spiro atoms. The molecule has 3 N–H and O–H groups in total. The number of nitrogens with zero attached hydrogens (tertiary/aromatic N) is 7.